The van der Waals surface area contributed by atoms with Crippen LogP contribution in [-0.2, 0) is 0 Å². The fourth-order valence-corrected chi connectivity index (χ4v) is 1.70. The van der Waals surface area contributed by atoms with E-state index in [-0.39, 0.29) is 12.8 Å². The quantitative estimate of drug-likeness (QED) is 0.435. The summed E-state index contributed by atoms with van der Waals surface area (Å²) in [5.41, 5.74) is 0. The van der Waals surface area contributed by atoms with Crippen LogP contribution in [0.4, 0.5) is 0 Å². The Balaban J connectivity index is 2.13. The smallest absolute Gasteiger partial charge is 0.0269 e. The summed E-state index contributed by atoms with van der Waals surface area (Å²) in [5.74, 6) is 1.19. The molecule has 2 bridgehead atoms. The first-order chi connectivity index (χ1) is 4.27. The lowest BCUT2D eigenvalue weighted by Crippen LogP contribution is -1.90. The van der Waals surface area contributed by atoms with Crippen molar-refractivity contribution in [3.63, 3.8) is 0 Å². The second kappa shape index (κ2) is 1.24. The van der Waals surface area contributed by atoms with E-state index in [1.807, 2.05) is 0 Å². The van der Waals surface area contributed by atoms with Gasteiger partial charge < -0.3 is 0 Å². The Bertz CT molecular complexity index is 112. The summed E-state index contributed by atoms with van der Waals surface area (Å²) >= 11 is 0. The summed E-state index contributed by atoms with van der Waals surface area (Å²) in [5, 5.41) is 0. The first-order valence-electron chi connectivity index (χ1n) is 4.27. The standard InChI is InChI=1S/C7H12/c1-2-7-4-3-6(1)5-7/h6-7H,1-5H2/i1D,3D. The highest BCUT2D eigenvalue weighted by Gasteiger charge is 2.30. The third-order valence-electron chi connectivity index (χ3n) is 2.15. The van der Waals surface area contributed by atoms with Crippen molar-refractivity contribution < 1.29 is 2.74 Å². The van der Waals surface area contributed by atoms with Crippen molar-refractivity contribution in [2.75, 3.05) is 0 Å². The predicted molar refractivity (Wildman–Crippen MR) is 30.1 cm³/mol. The van der Waals surface area contributed by atoms with Crippen molar-refractivity contribution in [3.8, 4) is 0 Å². The lowest BCUT2D eigenvalue weighted by molar-refractivity contribution is 0.480. The van der Waals surface area contributed by atoms with Crippen LogP contribution in [0.15, 0.2) is 0 Å². The molecule has 40 valence electrons. The van der Waals surface area contributed by atoms with Gasteiger partial charge in [-0.2, -0.15) is 0 Å². The highest BCUT2D eigenvalue weighted by Crippen LogP contribution is 2.43. The molecule has 0 spiro atoms. The van der Waals surface area contributed by atoms with Crippen LogP contribution >= 0.6 is 0 Å². The van der Waals surface area contributed by atoms with E-state index in [2.05, 4.69) is 0 Å². The van der Waals surface area contributed by atoms with Gasteiger partial charge in [-0.1, -0.05) is 25.6 Å². The minimum atomic E-state index is 0.117. The fraction of sp³-hybridized carbons (Fsp3) is 1.00. The van der Waals surface area contributed by atoms with Gasteiger partial charge in [0.05, 0.1) is 0 Å². The zero-order valence-electron chi connectivity index (χ0n) is 6.43. The van der Waals surface area contributed by atoms with E-state index in [1.165, 1.54) is 6.42 Å². The van der Waals surface area contributed by atoms with Gasteiger partial charge in [0.15, 0.2) is 0 Å². The maximum atomic E-state index is 7.53. The molecule has 0 N–H and O–H groups in total. The summed E-state index contributed by atoms with van der Waals surface area (Å²) in [6.45, 7) is 0. The average molecular weight is 98.2 g/mol. The predicted octanol–water partition coefficient (Wildman–Crippen LogP) is 2.20. The summed E-state index contributed by atoms with van der Waals surface area (Å²) < 4.78 is 15.1. The van der Waals surface area contributed by atoms with Crippen molar-refractivity contribution in [2.24, 2.45) is 11.8 Å². The Kier molecular flexibility index (Phi) is 0.446. The molecule has 2 saturated carbocycles. The van der Waals surface area contributed by atoms with E-state index < -0.39 is 0 Å². The molecule has 0 heteroatoms. The molecule has 2 aliphatic rings. The minimum Gasteiger partial charge on any atom is -0.0502 e. The van der Waals surface area contributed by atoms with Crippen molar-refractivity contribution in [1.29, 1.82) is 0 Å². The van der Waals surface area contributed by atoms with E-state index in [4.69, 9.17) is 2.74 Å². The highest BCUT2D eigenvalue weighted by atomic mass is 14.4. The first-order valence-corrected chi connectivity index (χ1v) is 3.12. The van der Waals surface area contributed by atoms with Crippen molar-refractivity contribution in [3.05, 3.63) is 0 Å². The van der Waals surface area contributed by atoms with Crippen LogP contribution in [0.1, 0.15) is 34.8 Å². The second-order valence-corrected chi connectivity index (χ2v) is 2.71. The molecule has 0 radical (unpaired) electrons. The molecule has 0 aromatic rings. The monoisotopic (exact) mass is 98.1 g/mol. The summed E-state index contributed by atoms with van der Waals surface area (Å²) in [6, 6.07) is 0. The zero-order chi connectivity index (χ0) is 6.43. The Morgan fingerprint density at radius 3 is 2.14 bits per heavy atom. The van der Waals surface area contributed by atoms with Gasteiger partial charge in [0.2, 0.25) is 0 Å². The third kappa shape index (κ3) is 0.490. The van der Waals surface area contributed by atoms with Gasteiger partial charge in [0, 0.05) is 2.74 Å². The number of hydrogen-bond acceptors (Lipinski definition) is 0. The molecule has 0 nitrogen and oxygen atoms in total. The molecule has 2 rings (SSSR count). The van der Waals surface area contributed by atoms with Crippen LogP contribution in [0.5, 0.6) is 0 Å². The van der Waals surface area contributed by atoms with Crippen LogP contribution in [-0.4, -0.2) is 0 Å². The molecule has 2 aliphatic carbocycles. The third-order valence-corrected chi connectivity index (χ3v) is 2.15. The molecule has 0 aromatic carbocycles. The van der Waals surface area contributed by atoms with Gasteiger partial charge in [-0.3, -0.25) is 0 Å². The largest absolute Gasteiger partial charge is 0.0502 e. The Morgan fingerprint density at radius 2 is 1.86 bits per heavy atom. The van der Waals surface area contributed by atoms with Gasteiger partial charge in [-0.05, 0) is 18.3 Å². The van der Waals surface area contributed by atoms with Crippen LogP contribution in [0.2, 0.25) is 0 Å². The average Bonchev–Trinajstić information content (AvgIpc) is 2.22. The van der Waals surface area contributed by atoms with Crippen LogP contribution < -0.4 is 0 Å². The van der Waals surface area contributed by atoms with Gasteiger partial charge in [0.1, 0.15) is 0 Å². The van der Waals surface area contributed by atoms with E-state index in [1.54, 1.807) is 0 Å². The van der Waals surface area contributed by atoms with Crippen molar-refractivity contribution in [2.45, 2.75) is 32.1 Å². The zero-order valence-corrected chi connectivity index (χ0v) is 4.43. The lowest BCUT2D eigenvalue weighted by Gasteiger charge is -2.05. The summed E-state index contributed by atoms with van der Waals surface area (Å²) in [6.07, 6.45) is 3.58. The van der Waals surface area contributed by atoms with Crippen molar-refractivity contribution in [1.82, 2.24) is 0 Å². The molecule has 7 heavy (non-hydrogen) atoms. The van der Waals surface area contributed by atoms with Gasteiger partial charge in [-0.15, -0.1) is 0 Å². The molecule has 0 amide bonds. The molecule has 2 unspecified atom stereocenters. The minimum absolute atomic E-state index is 0.117. The molecule has 2 atom stereocenters. The number of rotatable bonds is 0. The maximum absolute atomic E-state index is 7.53. The van der Waals surface area contributed by atoms with Crippen LogP contribution in [0.3, 0.4) is 0 Å². The Morgan fingerprint density at radius 1 is 1.14 bits per heavy atom. The summed E-state index contributed by atoms with van der Waals surface area (Å²) in [7, 11) is 0. The molecule has 2 fully saturated rings. The fourth-order valence-electron chi connectivity index (χ4n) is 1.70. The Labute approximate surface area is 47.7 Å². The van der Waals surface area contributed by atoms with E-state index in [0.717, 1.165) is 18.8 Å². The molecular formula is C7H12. The molecule has 0 aromatic heterocycles. The normalized spacial score (nSPS) is 73.1. The lowest BCUT2D eigenvalue weighted by atomic mass is 10.0. The molecule has 0 aliphatic heterocycles. The highest BCUT2D eigenvalue weighted by molar-refractivity contribution is 4.82. The van der Waals surface area contributed by atoms with Crippen molar-refractivity contribution >= 4 is 0 Å². The molecular weight excluding hydrogens is 84.1 g/mol. The van der Waals surface area contributed by atoms with Crippen LogP contribution in [0, 0.1) is 11.8 Å². The topological polar surface area (TPSA) is 0 Å². The second-order valence-electron chi connectivity index (χ2n) is 2.71. The van der Waals surface area contributed by atoms with Gasteiger partial charge >= 0.3 is 0 Å². The van der Waals surface area contributed by atoms with E-state index in [9.17, 15) is 0 Å². The van der Waals surface area contributed by atoms with Gasteiger partial charge in [-0.25, -0.2) is 0 Å². The summed E-state index contributed by atoms with van der Waals surface area (Å²) in [4.78, 5) is 0. The molecule has 0 heterocycles. The van der Waals surface area contributed by atoms with E-state index in [0.29, 0.717) is 5.92 Å². The number of fused-ring (bicyclic) bond motifs is 2. The number of hydrogen-bond donors (Lipinski definition) is 0. The van der Waals surface area contributed by atoms with Crippen LogP contribution in [0.25, 0.3) is 0 Å². The maximum Gasteiger partial charge on any atom is 0.0269 e. The SMILES string of the molecule is [2H]C1CC2CC([2H])C1C2. The van der Waals surface area contributed by atoms with Gasteiger partial charge in [0.25, 0.3) is 0 Å². The molecule has 0 saturated heterocycles. The first kappa shape index (κ1) is 2.52. The Hall–Kier alpha value is 0. The van der Waals surface area contributed by atoms with E-state index >= 15 is 0 Å².